The fourth-order valence-electron chi connectivity index (χ4n) is 3.49. The van der Waals surface area contributed by atoms with Gasteiger partial charge in [0, 0.05) is 0 Å². The third-order valence-electron chi connectivity index (χ3n) is 4.38. The predicted octanol–water partition coefficient (Wildman–Crippen LogP) is 2.51. The van der Waals surface area contributed by atoms with Crippen LogP contribution in [-0.4, -0.2) is 37.9 Å². The van der Waals surface area contributed by atoms with E-state index in [4.69, 9.17) is 9.47 Å². The van der Waals surface area contributed by atoms with Gasteiger partial charge in [-0.15, -0.1) is 0 Å². The van der Waals surface area contributed by atoms with Crippen molar-refractivity contribution in [2.45, 2.75) is 64.6 Å². The van der Waals surface area contributed by atoms with E-state index in [1.807, 2.05) is 0 Å². The van der Waals surface area contributed by atoms with E-state index in [2.05, 4.69) is 19.2 Å². The average Bonchev–Trinajstić information content (AvgIpc) is 2.38. The van der Waals surface area contributed by atoms with Crippen LogP contribution in [0.15, 0.2) is 0 Å². The van der Waals surface area contributed by atoms with Gasteiger partial charge in [-0.05, 0) is 57.0 Å². The standard InChI is InChI=1S/C16H29NO3/c1-12-9-13(2)11-15(10-12)20-16(18)5-8-19-14-3-6-17-7-4-14/h12-15,17H,3-11H2,1-2H3. The molecule has 4 heteroatoms. The van der Waals surface area contributed by atoms with E-state index >= 15 is 0 Å². The Morgan fingerprint density at radius 3 is 2.35 bits per heavy atom. The molecule has 2 atom stereocenters. The monoisotopic (exact) mass is 283 g/mol. The van der Waals surface area contributed by atoms with Gasteiger partial charge in [0.25, 0.3) is 0 Å². The maximum absolute atomic E-state index is 11.9. The molecular weight excluding hydrogens is 254 g/mol. The van der Waals surface area contributed by atoms with E-state index < -0.39 is 0 Å². The van der Waals surface area contributed by atoms with Gasteiger partial charge in [-0.25, -0.2) is 0 Å². The fourth-order valence-corrected chi connectivity index (χ4v) is 3.49. The number of esters is 1. The van der Waals surface area contributed by atoms with Gasteiger partial charge in [-0.2, -0.15) is 0 Å². The zero-order valence-corrected chi connectivity index (χ0v) is 12.9. The normalized spacial score (nSPS) is 32.0. The molecule has 116 valence electrons. The van der Waals surface area contributed by atoms with Crippen molar-refractivity contribution in [3.05, 3.63) is 0 Å². The first-order valence-corrected chi connectivity index (χ1v) is 8.15. The number of rotatable bonds is 5. The maximum atomic E-state index is 11.9. The van der Waals surface area contributed by atoms with E-state index in [1.165, 1.54) is 6.42 Å². The number of piperidine rings is 1. The summed E-state index contributed by atoms with van der Waals surface area (Å²) in [5.41, 5.74) is 0. The molecule has 1 aliphatic carbocycles. The summed E-state index contributed by atoms with van der Waals surface area (Å²) in [7, 11) is 0. The Balaban J connectivity index is 1.59. The van der Waals surface area contributed by atoms with E-state index in [0.29, 0.717) is 31.0 Å². The zero-order chi connectivity index (χ0) is 14.4. The third kappa shape index (κ3) is 5.41. The average molecular weight is 283 g/mol. The molecule has 1 saturated heterocycles. The summed E-state index contributed by atoms with van der Waals surface area (Å²) in [6, 6.07) is 0. The quantitative estimate of drug-likeness (QED) is 0.788. The van der Waals surface area contributed by atoms with Crippen LogP contribution in [0.25, 0.3) is 0 Å². The van der Waals surface area contributed by atoms with Crippen molar-refractivity contribution in [1.29, 1.82) is 0 Å². The molecule has 2 unspecified atom stereocenters. The Kier molecular flexibility index (Phi) is 6.30. The lowest BCUT2D eigenvalue weighted by atomic mass is 9.82. The largest absolute Gasteiger partial charge is 0.462 e. The number of carbonyl (C=O) groups is 1. The summed E-state index contributed by atoms with van der Waals surface area (Å²) in [6.45, 7) is 7.04. The van der Waals surface area contributed by atoms with Crippen LogP contribution in [0, 0.1) is 11.8 Å². The van der Waals surface area contributed by atoms with Gasteiger partial charge in [0.2, 0.25) is 0 Å². The van der Waals surface area contributed by atoms with Gasteiger partial charge < -0.3 is 14.8 Å². The van der Waals surface area contributed by atoms with Crippen LogP contribution < -0.4 is 5.32 Å². The minimum absolute atomic E-state index is 0.0924. The summed E-state index contributed by atoms with van der Waals surface area (Å²) in [5, 5.41) is 3.30. The van der Waals surface area contributed by atoms with Crippen LogP contribution in [0.3, 0.4) is 0 Å². The molecule has 2 fully saturated rings. The molecule has 0 amide bonds. The lowest BCUT2D eigenvalue weighted by Crippen LogP contribution is -2.33. The highest BCUT2D eigenvalue weighted by Crippen LogP contribution is 2.30. The minimum atomic E-state index is -0.0924. The third-order valence-corrected chi connectivity index (χ3v) is 4.38. The van der Waals surface area contributed by atoms with Gasteiger partial charge in [0.1, 0.15) is 6.10 Å². The second kappa shape index (κ2) is 7.99. The van der Waals surface area contributed by atoms with Crippen LogP contribution in [0.5, 0.6) is 0 Å². The number of nitrogens with one attached hydrogen (secondary N) is 1. The molecule has 0 aromatic rings. The van der Waals surface area contributed by atoms with Gasteiger partial charge in [-0.1, -0.05) is 13.8 Å². The summed E-state index contributed by atoms with van der Waals surface area (Å²) >= 11 is 0. The Morgan fingerprint density at radius 1 is 1.05 bits per heavy atom. The smallest absolute Gasteiger partial charge is 0.308 e. The highest BCUT2D eigenvalue weighted by molar-refractivity contribution is 5.69. The van der Waals surface area contributed by atoms with Crippen LogP contribution in [0.1, 0.15) is 52.4 Å². The van der Waals surface area contributed by atoms with E-state index in [9.17, 15) is 4.79 Å². The topological polar surface area (TPSA) is 47.6 Å². The first-order valence-electron chi connectivity index (χ1n) is 8.15. The van der Waals surface area contributed by atoms with Crippen molar-refractivity contribution in [3.63, 3.8) is 0 Å². The summed E-state index contributed by atoms with van der Waals surface area (Å²) in [6.07, 6.45) is 6.23. The SMILES string of the molecule is CC1CC(C)CC(OC(=O)CCOC2CCNCC2)C1. The Labute approximate surface area is 122 Å². The molecule has 0 spiro atoms. The van der Waals surface area contributed by atoms with Crippen LogP contribution in [0.2, 0.25) is 0 Å². The molecule has 1 heterocycles. The second-order valence-corrected chi connectivity index (χ2v) is 6.60. The molecule has 2 aliphatic rings. The Morgan fingerprint density at radius 2 is 1.70 bits per heavy atom. The van der Waals surface area contributed by atoms with E-state index in [-0.39, 0.29) is 12.1 Å². The Hall–Kier alpha value is -0.610. The van der Waals surface area contributed by atoms with Crippen molar-refractivity contribution in [1.82, 2.24) is 5.32 Å². The zero-order valence-electron chi connectivity index (χ0n) is 12.9. The van der Waals surface area contributed by atoms with Crippen molar-refractivity contribution in [2.24, 2.45) is 11.8 Å². The molecule has 0 radical (unpaired) electrons. The van der Waals surface area contributed by atoms with Crippen molar-refractivity contribution in [2.75, 3.05) is 19.7 Å². The van der Waals surface area contributed by atoms with E-state index in [0.717, 1.165) is 38.8 Å². The molecule has 1 N–H and O–H groups in total. The maximum Gasteiger partial charge on any atom is 0.308 e. The Bertz CT molecular complexity index is 292. The van der Waals surface area contributed by atoms with Gasteiger partial charge in [0.05, 0.1) is 19.1 Å². The molecule has 0 aromatic heterocycles. The molecule has 1 aliphatic heterocycles. The van der Waals surface area contributed by atoms with Crippen LogP contribution >= 0.6 is 0 Å². The van der Waals surface area contributed by atoms with Gasteiger partial charge >= 0.3 is 5.97 Å². The predicted molar refractivity (Wildman–Crippen MR) is 78.5 cm³/mol. The molecular formula is C16H29NO3. The minimum Gasteiger partial charge on any atom is -0.462 e. The fraction of sp³-hybridized carbons (Fsp3) is 0.938. The molecule has 2 rings (SSSR count). The highest BCUT2D eigenvalue weighted by Gasteiger charge is 2.26. The van der Waals surface area contributed by atoms with Crippen LogP contribution in [0.4, 0.5) is 0 Å². The molecule has 0 bridgehead atoms. The molecule has 4 nitrogen and oxygen atoms in total. The van der Waals surface area contributed by atoms with Gasteiger partial charge in [-0.3, -0.25) is 4.79 Å². The van der Waals surface area contributed by atoms with E-state index in [1.54, 1.807) is 0 Å². The number of ether oxygens (including phenoxy) is 2. The van der Waals surface area contributed by atoms with Crippen LogP contribution in [-0.2, 0) is 14.3 Å². The first kappa shape index (κ1) is 15.8. The summed E-state index contributed by atoms with van der Waals surface area (Å²) < 4.78 is 11.3. The summed E-state index contributed by atoms with van der Waals surface area (Å²) in [5.74, 6) is 1.25. The molecule has 0 aromatic carbocycles. The number of hydrogen-bond acceptors (Lipinski definition) is 4. The highest BCUT2D eigenvalue weighted by atomic mass is 16.5. The number of carbonyl (C=O) groups excluding carboxylic acids is 1. The molecule has 1 saturated carbocycles. The van der Waals surface area contributed by atoms with Crippen molar-refractivity contribution >= 4 is 5.97 Å². The summed E-state index contributed by atoms with van der Waals surface area (Å²) in [4.78, 5) is 11.9. The van der Waals surface area contributed by atoms with Crippen molar-refractivity contribution < 1.29 is 14.3 Å². The second-order valence-electron chi connectivity index (χ2n) is 6.60. The van der Waals surface area contributed by atoms with Gasteiger partial charge in [0.15, 0.2) is 0 Å². The molecule has 20 heavy (non-hydrogen) atoms. The lowest BCUT2D eigenvalue weighted by Gasteiger charge is -2.31. The first-order chi connectivity index (χ1) is 9.63. The van der Waals surface area contributed by atoms with Crippen molar-refractivity contribution in [3.8, 4) is 0 Å². The lowest BCUT2D eigenvalue weighted by molar-refractivity contribution is -0.153. The number of hydrogen-bond donors (Lipinski definition) is 1.